The number of aromatic nitrogens is 5. The number of fused-ring (bicyclic) bond motifs is 3. The highest BCUT2D eigenvalue weighted by Gasteiger charge is 2.27. The Morgan fingerprint density at radius 2 is 1.82 bits per heavy atom. The Labute approximate surface area is 195 Å². The fourth-order valence-electron chi connectivity index (χ4n) is 5.32. The van der Waals surface area contributed by atoms with E-state index in [0.29, 0.717) is 12.1 Å². The lowest BCUT2D eigenvalue weighted by atomic mass is 9.90. The maximum atomic E-state index is 6.18. The predicted octanol–water partition coefficient (Wildman–Crippen LogP) is 4.55. The summed E-state index contributed by atoms with van der Waals surface area (Å²) in [5.41, 5.74) is 9.94. The molecule has 2 heterocycles. The monoisotopic (exact) mass is 445 g/mol. The second kappa shape index (κ2) is 9.61. The first-order valence-corrected chi connectivity index (χ1v) is 12.5. The molecule has 0 radical (unpaired) electrons. The maximum Gasteiger partial charge on any atom is 0.172 e. The van der Waals surface area contributed by atoms with Crippen LogP contribution in [0.2, 0.25) is 0 Å². The molecule has 0 bridgehead atoms. The molecule has 2 aromatic carbocycles. The second-order valence-electron chi connectivity index (χ2n) is 9.36. The van der Waals surface area contributed by atoms with Crippen LogP contribution in [0.5, 0.6) is 0 Å². The van der Waals surface area contributed by atoms with Gasteiger partial charge in [0.2, 0.25) is 0 Å². The summed E-state index contributed by atoms with van der Waals surface area (Å²) >= 11 is 0. The Kier molecular flexibility index (Phi) is 6.42. The van der Waals surface area contributed by atoms with Gasteiger partial charge >= 0.3 is 0 Å². The lowest BCUT2D eigenvalue weighted by Gasteiger charge is -2.30. The highest BCUT2D eigenvalue weighted by atomic mass is 15.5. The van der Waals surface area contributed by atoms with Gasteiger partial charge in [-0.2, -0.15) is 0 Å². The number of benzene rings is 2. The van der Waals surface area contributed by atoms with Gasteiger partial charge in [0.05, 0.1) is 6.04 Å². The number of unbranched alkanes of at least 4 members (excludes halogenated alkanes) is 1. The fraction of sp³-hybridized carbons (Fsp3) is 0.500. The quantitative estimate of drug-likeness (QED) is 0.415. The number of nitrogens with one attached hydrogen (secondary N) is 1. The topological polar surface area (TPSA) is 86.6 Å². The number of nitrogens with two attached hydrogens (primary N) is 1. The van der Waals surface area contributed by atoms with Gasteiger partial charge in [-0.15, -0.1) is 5.10 Å². The molecule has 33 heavy (non-hydrogen) atoms. The largest absolute Gasteiger partial charge is 0.341 e. The van der Waals surface area contributed by atoms with Crippen molar-refractivity contribution in [3.8, 4) is 0 Å². The normalized spacial score (nSPS) is 20.0. The van der Waals surface area contributed by atoms with Crippen molar-refractivity contribution in [2.45, 2.75) is 83.6 Å². The molecule has 1 fully saturated rings. The average molecular weight is 446 g/mol. The van der Waals surface area contributed by atoms with E-state index in [1.54, 1.807) is 0 Å². The van der Waals surface area contributed by atoms with Gasteiger partial charge in [-0.05, 0) is 73.2 Å². The summed E-state index contributed by atoms with van der Waals surface area (Å²) in [4.78, 5) is 0. The number of rotatable bonds is 8. The molecule has 7 heteroatoms. The zero-order valence-electron chi connectivity index (χ0n) is 19.7. The highest BCUT2D eigenvalue weighted by molar-refractivity contribution is 6.08. The Balaban J connectivity index is 1.58. The Morgan fingerprint density at radius 3 is 2.61 bits per heavy atom. The number of para-hydroxylation sites is 1. The summed E-state index contributed by atoms with van der Waals surface area (Å²) in [7, 11) is 0. The lowest BCUT2D eigenvalue weighted by Crippen LogP contribution is -2.40. The van der Waals surface area contributed by atoms with Gasteiger partial charge in [-0.25, -0.2) is 4.68 Å². The fourth-order valence-corrected chi connectivity index (χ4v) is 5.32. The van der Waals surface area contributed by atoms with E-state index in [-0.39, 0.29) is 6.04 Å². The van der Waals surface area contributed by atoms with Crippen molar-refractivity contribution < 1.29 is 0 Å². The Hall–Kier alpha value is -2.77. The van der Waals surface area contributed by atoms with E-state index in [0.717, 1.165) is 57.4 Å². The first kappa shape index (κ1) is 22.0. The summed E-state index contributed by atoms with van der Waals surface area (Å²) in [5.74, 6) is 0.900. The summed E-state index contributed by atoms with van der Waals surface area (Å²) in [6.07, 6.45) is 6.48. The molecule has 1 unspecified atom stereocenters. The summed E-state index contributed by atoms with van der Waals surface area (Å²) in [5, 5.41) is 19.4. The number of tetrazole rings is 1. The molecular formula is C26H35N7. The first-order valence-electron chi connectivity index (χ1n) is 12.5. The summed E-state index contributed by atoms with van der Waals surface area (Å²) in [6.45, 7) is 6.19. The Morgan fingerprint density at radius 1 is 1.03 bits per heavy atom. The Bertz CT molecular complexity index is 1220. The lowest BCUT2D eigenvalue weighted by molar-refractivity contribution is 0.320. The minimum atomic E-state index is -0.0516. The van der Waals surface area contributed by atoms with Crippen molar-refractivity contribution in [3.05, 3.63) is 53.9 Å². The first-order chi connectivity index (χ1) is 16.2. The van der Waals surface area contributed by atoms with E-state index < -0.39 is 0 Å². The molecule has 1 aliphatic carbocycles. The van der Waals surface area contributed by atoms with Crippen molar-refractivity contribution in [1.82, 2.24) is 30.1 Å². The predicted molar refractivity (Wildman–Crippen MR) is 133 cm³/mol. The zero-order valence-corrected chi connectivity index (χ0v) is 19.7. The van der Waals surface area contributed by atoms with Crippen LogP contribution in [-0.2, 0) is 13.1 Å². The summed E-state index contributed by atoms with van der Waals surface area (Å²) in [6, 6.07) is 16.2. The molecular weight excluding hydrogens is 410 g/mol. The molecule has 0 saturated heterocycles. The van der Waals surface area contributed by atoms with Gasteiger partial charge in [0, 0.05) is 47.0 Å². The molecule has 0 aliphatic heterocycles. The second-order valence-corrected chi connectivity index (χ2v) is 9.36. The van der Waals surface area contributed by atoms with Crippen LogP contribution in [0.15, 0.2) is 42.5 Å². The average Bonchev–Trinajstić information content (AvgIpc) is 3.44. The molecule has 2 aromatic heterocycles. The van der Waals surface area contributed by atoms with Crippen molar-refractivity contribution in [1.29, 1.82) is 0 Å². The van der Waals surface area contributed by atoms with Gasteiger partial charge in [0.1, 0.15) is 0 Å². The number of nitrogens with zero attached hydrogens (tertiary/aromatic N) is 5. The minimum absolute atomic E-state index is 0.0516. The van der Waals surface area contributed by atoms with Crippen molar-refractivity contribution in [2.24, 2.45) is 5.73 Å². The van der Waals surface area contributed by atoms with Crippen LogP contribution in [0, 0.1) is 0 Å². The van der Waals surface area contributed by atoms with Crippen LogP contribution in [0.1, 0.15) is 69.8 Å². The number of hydrogen-bond acceptors (Lipinski definition) is 5. The van der Waals surface area contributed by atoms with Crippen molar-refractivity contribution in [3.63, 3.8) is 0 Å². The van der Waals surface area contributed by atoms with E-state index in [2.05, 4.69) is 81.7 Å². The SMILES string of the molecule is CCCCn1nnnc1C(NC1CCC(N)CC1)c1ccc2c(c1)c1ccccc1n2CC. The highest BCUT2D eigenvalue weighted by Crippen LogP contribution is 2.33. The molecule has 4 aromatic rings. The van der Waals surface area contributed by atoms with E-state index in [1.165, 1.54) is 27.4 Å². The minimum Gasteiger partial charge on any atom is -0.341 e. The van der Waals surface area contributed by atoms with Gasteiger partial charge in [-0.3, -0.25) is 0 Å². The molecule has 0 spiro atoms. The third-order valence-electron chi connectivity index (χ3n) is 7.16. The van der Waals surface area contributed by atoms with E-state index >= 15 is 0 Å². The molecule has 7 nitrogen and oxygen atoms in total. The molecule has 0 amide bonds. The molecule has 174 valence electrons. The standard InChI is InChI=1S/C26H35N7/c1-3-5-16-33-26(29-30-31-33)25(28-20-13-11-19(27)12-14-20)18-10-15-24-22(17-18)21-8-6-7-9-23(21)32(24)4-2/h6-10,15,17,19-20,25,28H,3-5,11-14,16,27H2,1-2H3. The van der Waals surface area contributed by atoms with E-state index in [1.807, 2.05) is 4.68 Å². The van der Waals surface area contributed by atoms with Gasteiger partial charge < -0.3 is 15.6 Å². The number of hydrogen-bond donors (Lipinski definition) is 2. The smallest absolute Gasteiger partial charge is 0.172 e. The molecule has 1 atom stereocenters. The van der Waals surface area contributed by atoms with Crippen molar-refractivity contribution in [2.75, 3.05) is 0 Å². The van der Waals surface area contributed by atoms with Crippen LogP contribution >= 0.6 is 0 Å². The van der Waals surface area contributed by atoms with E-state index in [4.69, 9.17) is 5.73 Å². The van der Waals surface area contributed by atoms with Crippen LogP contribution in [-0.4, -0.2) is 36.9 Å². The molecule has 3 N–H and O–H groups in total. The van der Waals surface area contributed by atoms with Crippen LogP contribution in [0.25, 0.3) is 21.8 Å². The van der Waals surface area contributed by atoms with Gasteiger partial charge in [0.25, 0.3) is 0 Å². The molecule has 5 rings (SSSR count). The zero-order chi connectivity index (χ0) is 22.8. The van der Waals surface area contributed by atoms with Crippen LogP contribution < -0.4 is 11.1 Å². The van der Waals surface area contributed by atoms with Gasteiger partial charge in [0.15, 0.2) is 5.82 Å². The van der Waals surface area contributed by atoms with Crippen LogP contribution in [0.3, 0.4) is 0 Å². The van der Waals surface area contributed by atoms with Crippen molar-refractivity contribution >= 4 is 21.8 Å². The van der Waals surface area contributed by atoms with Crippen LogP contribution in [0.4, 0.5) is 0 Å². The molecule has 1 aliphatic rings. The number of aryl methyl sites for hydroxylation is 2. The third kappa shape index (κ3) is 4.27. The van der Waals surface area contributed by atoms with Gasteiger partial charge in [-0.1, -0.05) is 37.6 Å². The molecule has 1 saturated carbocycles. The van der Waals surface area contributed by atoms with E-state index in [9.17, 15) is 0 Å². The maximum absolute atomic E-state index is 6.18. The third-order valence-corrected chi connectivity index (χ3v) is 7.16. The summed E-state index contributed by atoms with van der Waals surface area (Å²) < 4.78 is 4.37.